The third kappa shape index (κ3) is 3.81. The number of carbonyl (C=O) groups is 1. The fourth-order valence-electron chi connectivity index (χ4n) is 3.34. The number of rotatable bonds is 4. The highest BCUT2D eigenvalue weighted by Crippen LogP contribution is 2.33. The molecule has 0 spiro atoms. The van der Waals surface area contributed by atoms with E-state index in [9.17, 15) is 4.79 Å². The molecule has 2 aliphatic rings. The van der Waals surface area contributed by atoms with E-state index in [1.165, 1.54) is 0 Å². The lowest BCUT2D eigenvalue weighted by molar-refractivity contribution is 0.0746. The molecule has 8 heteroatoms. The van der Waals surface area contributed by atoms with Gasteiger partial charge >= 0.3 is 0 Å². The number of aryl methyl sites for hydroxylation is 1. The topological polar surface area (TPSA) is 77.0 Å². The van der Waals surface area contributed by atoms with Gasteiger partial charge in [0.05, 0.1) is 6.10 Å². The lowest BCUT2D eigenvalue weighted by Crippen LogP contribution is -2.49. The van der Waals surface area contributed by atoms with Crippen LogP contribution in [0, 0.1) is 6.92 Å². The van der Waals surface area contributed by atoms with Crippen LogP contribution in [0.5, 0.6) is 17.4 Å². The molecular weight excluding hydrogens is 360 g/mol. The van der Waals surface area contributed by atoms with Gasteiger partial charge in [0, 0.05) is 37.8 Å². The first-order valence-electron chi connectivity index (χ1n) is 9.46. The molecule has 1 fully saturated rings. The standard InChI is InChI=1S/C20H24N4O4/c1-13(2)28-19-11-18(21-14(3)22-19)23-6-8-24(9-7-23)20(25)15-4-5-16-17(10-15)27-12-26-16/h4-5,10-11,13H,6-9,12H2,1-3H3. The van der Waals surface area contributed by atoms with Gasteiger partial charge in [-0.1, -0.05) is 0 Å². The van der Waals surface area contributed by atoms with Gasteiger partial charge in [-0.25, -0.2) is 4.98 Å². The van der Waals surface area contributed by atoms with E-state index < -0.39 is 0 Å². The number of piperazine rings is 1. The molecule has 0 aliphatic carbocycles. The van der Waals surface area contributed by atoms with Crippen LogP contribution in [0.4, 0.5) is 5.82 Å². The van der Waals surface area contributed by atoms with Gasteiger partial charge in [0.25, 0.3) is 5.91 Å². The van der Waals surface area contributed by atoms with Gasteiger partial charge in [-0.15, -0.1) is 0 Å². The second kappa shape index (κ2) is 7.53. The fourth-order valence-corrected chi connectivity index (χ4v) is 3.34. The van der Waals surface area contributed by atoms with Gasteiger partial charge in [-0.2, -0.15) is 4.98 Å². The van der Waals surface area contributed by atoms with Crippen LogP contribution >= 0.6 is 0 Å². The predicted octanol–water partition coefficient (Wildman–Crippen LogP) is 2.26. The Morgan fingerprint density at radius 2 is 1.82 bits per heavy atom. The molecule has 0 saturated carbocycles. The molecule has 148 valence electrons. The minimum absolute atomic E-state index is 0.000600. The zero-order chi connectivity index (χ0) is 19.7. The van der Waals surface area contributed by atoms with Gasteiger partial charge < -0.3 is 24.0 Å². The highest BCUT2D eigenvalue weighted by molar-refractivity contribution is 5.95. The summed E-state index contributed by atoms with van der Waals surface area (Å²) in [4.78, 5) is 25.7. The van der Waals surface area contributed by atoms with Gasteiger partial charge in [0.2, 0.25) is 12.7 Å². The van der Waals surface area contributed by atoms with E-state index in [0.717, 1.165) is 5.82 Å². The van der Waals surface area contributed by atoms with Crippen molar-refractivity contribution >= 4 is 11.7 Å². The van der Waals surface area contributed by atoms with Gasteiger partial charge in [0.1, 0.15) is 11.6 Å². The molecule has 3 heterocycles. The van der Waals surface area contributed by atoms with Crippen LogP contribution in [0.1, 0.15) is 30.0 Å². The first kappa shape index (κ1) is 18.3. The predicted molar refractivity (Wildman–Crippen MR) is 103 cm³/mol. The Morgan fingerprint density at radius 1 is 1.07 bits per heavy atom. The number of ether oxygens (including phenoxy) is 3. The average molecular weight is 384 g/mol. The smallest absolute Gasteiger partial charge is 0.254 e. The fraction of sp³-hybridized carbons (Fsp3) is 0.450. The SMILES string of the molecule is Cc1nc(OC(C)C)cc(N2CCN(C(=O)c3ccc4c(c3)OCO4)CC2)n1. The largest absolute Gasteiger partial charge is 0.475 e. The molecular formula is C20H24N4O4. The summed E-state index contributed by atoms with van der Waals surface area (Å²) in [6, 6.07) is 7.18. The second-order valence-corrected chi connectivity index (χ2v) is 7.13. The molecule has 0 radical (unpaired) electrons. The number of hydrogen-bond donors (Lipinski definition) is 0. The molecule has 28 heavy (non-hydrogen) atoms. The zero-order valence-electron chi connectivity index (χ0n) is 16.3. The molecule has 0 unspecified atom stereocenters. The van der Waals surface area contributed by atoms with Crippen molar-refractivity contribution in [2.24, 2.45) is 0 Å². The van der Waals surface area contributed by atoms with E-state index in [1.54, 1.807) is 18.2 Å². The van der Waals surface area contributed by atoms with Crippen molar-refractivity contribution in [3.63, 3.8) is 0 Å². The maximum Gasteiger partial charge on any atom is 0.254 e. The second-order valence-electron chi connectivity index (χ2n) is 7.13. The van der Waals surface area contributed by atoms with Crippen molar-refractivity contribution in [2.75, 3.05) is 37.9 Å². The maximum absolute atomic E-state index is 12.8. The van der Waals surface area contributed by atoms with Crippen LogP contribution in [0.2, 0.25) is 0 Å². The van der Waals surface area contributed by atoms with Crippen LogP contribution in [0.15, 0.2) is 24.3 Å². The Bertz CT molecular complexity index is 879. The van der Waals surface area contributed by atoms with E-state index in [2.05, 4.69) is 14.9 Å². The highest BCUT2D eigenvalue weighted by atomic mass is 16.7. The Labute approximate surface area is 164 Å². The summed E-state index contributed by atoms with van der Waals surface area (Å²) in [6.45, 7) is 8.65. The van der Waals surface area contributed by atoms with Crippen molar-refractivity contribution in [2.45, 2.75) is 26.9 Å². The van der Waals surface area contributed by atoms with E-state index in [-0.39, 0.29) is 18.8 Å². The summed E-state index contributed by atoms with van der Waals surface area (Å²) in [5, 5.41) is 0. The first-order chi connectivity index (χ1) is 13.5. The first-order valence-corrected chi connectivity index (χ1v) is 9.46. The summed E-state index contributed by atoms with van der Waals surface area (Å²) < 4.78 is 16.4. The monoisotopic (exact) mass is 384 g/mol. The number of carbonyl (C=O) groups excluding carboxylic acids is 1. The van der Waals surface area contributed by atoms with Gasteiger partial charge in [-0.05, 0) is 39.0 Å². The minimum atomic E-state index is 0.000600. The molecule has 8 nitrogen and oxygen atoms in total. The van der Waals surface area contributed by atoms with Crippen molar-refractivity contribution < 1.29 is 19.0 Å². The summed E-state index contributed by atoms with van der Waals surface area (Å²) in [5.41, 5.74) is 0.614. The molecule has 1 amide bonds. The van der Waals surface area contributed by atoms with E-state index >= 15 is 0 Å². The van der Waals surface area contributed by atoms with Crippen LogP contribution in [0.25, 0.3) is 0 Å². The molecule has 1 aromatic carbocycles. The Kier molecular flexibility index (Phi) is 4.93. The molecule has 4 rings (SSSR count). The summed E-state index contributed by atoms with van der Waals surface area (Å²) in [7, 11) is 0. The lowest BCUT2D eigenvalue weighted by Gasteiger charge is -2.35. The minimum Gasteiger partial charge on any atom is -0.475 e. The third-order valence-corrected chi connectivity index (χ3v) is 4.67. The molecule has 0 bridgehead atoms. The summed E-state index contributed by atoms with van der Waals surface area (Å²) in [6.07, 6.45) is 0.0540. The maximum atomic E-state index is 12.8. The number of fused-ring (bicyclic) bond motifs is 1. The van der Waals surface area contributed by atoms with Gasteiger partial charge in [0.15, 0.2) is 11.5 Å². The number of nitrogens with zero attached hydrogens (tertiary/aromatic N) is 4. The molecule has 0 N–H and O–H groups in total. The van der Waals surface area contributed by atoms with Crippen molar-refractivity contribution in [1.29, 1.82) is 0 Å². The molecule has 1 saturated heterocycles. The molecule has 1 aromatic heterocycles. The Morgan fingerprint density at radius 3 is 2.57 bits per heavy atom. The number of aromatic nitrogens is 2. The Hall–Kier alpha value is -3.03. The van der Waals surface area contributed by atoms with E-state index in [4.69, 9.17) is 14.2 Å². The Balaban J connectivity index is 1.42. The van der Waals surface area contributed by atoms with Crippen LogP contribution in [-0.4, -0.2) is 59.9 Å². The zero-order valence-corrected chi connectivity index (χ0v) is 16.3. The molecule has 2 aliphatic heterocycles. The third-order valence-electron chi connectivity index (χ3n) is 4.67. The van der Waals surface area contributed by atoms with Crippen LogP contribution in [-0.2, 0) is 0 Å². The molecule has 0 atom stereocenters. The van der Waals surface area contributed by atoms with Crippen LogP contribution < -0.4 is 19.1 Å². The normalized spacial score (nSPS) is 15.9. The number of anilines is 1. The summed E-state index contributed by atoms with van der Waals surface area (Å²) in [5.74, 6) is 3.39. The number of amides is 1. The van der Waals surface area contributed by atoms with Crippen molar-refractivity contribution in [3.05, 3.63) is 35.7 Å². The average Bonchev–Trinajstić information content (AvgIpc) is 3.14. The molecule has 2 aromatic rings. The lowest BCUT2D eigenvalue weighted by atomic mass is 10.1. The van der Waals surface area contributed by atoms with E-state index in [1.807, 2.05) is 31.7 Å². The van der Waals surface area contributed by atoms with Gasteiger partial charge in [-0.3, -0.25) is 4.79 Å². The number of hydrogen-bond acceptors (Lipinski definition) is 7. The van der Waals surface area contributed by atoms with Crippen molar-refractivity contribution in [3.8, 4) is 17.4 Å². The number of benzene rings is 1. The quantitative estimate of drug-likeness (QED) is 0.800. The van der Waals surface area contributed by atoms with E-state index in [0.29, 0.717) is 54.9 Å². The highest BCUT2D eigenvalue weighted by Gasteiger charge is 2.25. The van der Waals surface area contributed by atoms with Crippen molar-refractivity contribution in [1.82, 2.24) is 14.9 Å². The van der Waals surface area contributed by atoms with Crippen LogP contribution in [0.3, 0.4) is 0 Å². The summed E-state index contributed by atoms with van der Waals surface area (Å²) >= 11 is 0.